The van der Waals surface area contributed by atoms with Crippen LogP contribution in [0.25, 0.3) is 22.3 Å². The minimum atomic E-state index is 0.00874. The maximum absolute atomic E-state index is 8.74. The molecule has 0 saturated heterocycles. The lowest BCUT2D eigenvalue weighted by atomic mass is 10.1. The lowest BCUT2D eigenvalue weighted by molar-refractivity contribution is 0.201. The molecule has 0 aliphatic heterocycles. The first kappa shape index (κ1) is 13.5. The molecule has 0 unspecified atom stereocenters. The lowest BCUT2D eigenvalue weighted by Crippen LogP contribution is -2.01. The second kappa shape index (κ2) is 5.89. The van der Waals surface area contributed by atoms with E-state index in [1.165, 1.54) is 0 Å². The van der Waals surface area contributed by atoms with Gasteiger partial charge in [0.05, 0.1) is 12.1 Å². The van der Waals surface area contributed by atoms with Gasteiger partial charge in [0, 0.05) is 17.1 Å². The number of benzene rings is 2. The molecular formula is C17H16N2O2. The number of hydrogen-bond donors (Lipinski definition) is 1. The van der Waals surface area contributed by atoms with Crippen molar-refractivity contribution in [2.75, 3.05) is 13.2 Å². The molecule has 21 heavy (non-hydrogen) atoms. The molecule has 1 heterocycles. The van der Waals surface area contributed by atoms with Gasteiger partial charge >= 0.3 is 0 Å². The van der Waals surface area contributed by atoms with Gasteiger partial charge in [-0.2, -0.15) is 0 Å². The summed E-state index contributed by atoms with van der Waals surface area (Å²) in [6.45, 7) is 2.35. The van der Waals surface area contributed by atoms with E-state index >= 15 is 0 Å². The second-order valence-corrected chi connectivity index (χ2v) is 4.80. The molecule has 0 bridgehead atoms. The number of aliphatic hydroxyl groups is 1. The summed E-state index contributed by atoms with van der Waals surface area (Å²) >= 11 is 0. The summed E-state index contributed by atoms with van der Waals surface area (Å²) < 4.78 is 5.34. The standard InChI is InChI=1S/C17H16N2O2/c1-12-3-2-4-14-11-18-17(19-16(12)14)13-5-7-15(8-6-13)21-10-9-20/h2-8,11,20H,9-10H2,1H3. The normalized spacial score (nSPS) is 10.8. The molecule has 0 aliphatic rings. The highest BCUT2D eigenvalue weighted by atomic mass is 16.5. The van der Waals surface area contributed by atoms with E-state index in [9.17, 15) is 0 Å². The van der Waals surface area contributed by atoms with Gasteiger partial charge in [0.15, 0.2) is 5.82 Å². The van der Waals surface area contributed by atoms with E-state index in [0.29, 0.717) is 12.4 Å². The summed E-state index contributed by atoms with van der Waals surface area (Å²) in [5, 5.41) is 9.78. The van der Waals surface area contributed by atoms with Gasteiger partial charge < -0.3 is 9.84 Å². The van der Waals surface area contributed by atoms with Crippen LogP contribution in [0.4, 0.5) is 0 Å². The van der Waals surface area contributed by atoms with E-state index in [2.05, 4.69) is 9.97 Å². The minimum absolute atomic E-state index is 0.00874. The van der Waals surface area contributed by atoms with Crippen molar-refractivity contribution >= 4 is 10.9 Å². The zero-order valence-corrected chi connectivity index (χ0v) is 11.8. The first-order valence-electron chi connectivity index (χ1n) is 6.84. The zero-order valence-electron chi connectivity index (χ0n) is 11.8. The number of nitrogens with zero attached hydrogens (tertiary/aromatic N) is 2. The number of fused-ring (bicyclic) bond motifs is 1. The summed E-state index contributed by atoms with van der Waals surface area (Å²) in [7, 11) is 0. The minimum Gasteiger partial charge on any atom is -0.491 e. The monoisotopic (exact) mass is 280 g/mol. The van der Waals surface area contributed by atoms with Crippen LogP contribution in [0.3, 0.4) is 0 Å². The number of aryl methyl sites for hydroxylation is 1. The third kappa shape index (κ3) is 2.85. The second-order valence-electron chi connectivity index (χ2n) is 4.80. The molecule has 3 rings (SSSR count). The Morgan fingerprint density at radius 2 is 1.90 bits per heavy atom. The van der Waals surface area contributed by atoms with Crippen molar-refractivity contribution in [3.8, 4) is 17.1 Å². The van der Waals surface area contributed by atoms with Gasteiger partial charge in [-0.15, -0.1) is 0 Å². The number of para-hydroxylation sites is 1. The molecule has 0 amide bonds. The Hall–Kier alpha value is -2.46. The van der Waals surface area contributed by atoms with Gasteiger partial charge in [-0.25, -0.2) is 9.97 Å². The molecular weight excluding hydrogens is 264 g/mol. The highest BCUT2D eigenvalue weighted by molar-refractivity contribution is 5.82. The summed E-state index contributed by atoms with van der Waals surface area (Å²) in [4.78, 5) is 9.06. The van der Waals surface area contributed by atoms with Crippen LogP contribution in [-0.2, 0) is 0 Å². The average Bonchev–Trinajstić information content (AvgIpc) is 2.54. The SMILES string of the molecule is Cc1cccc2cnc(-c3ccc(OCCO)cc3)nc12. The van der Waals surface area contributed by atoms with Crippen LogP contribution in [0.2, 0.25) is 0 Å². The Morgan fingerprint density at radius 1 is 1.10 bits per heavy atom. The number of rotatable bonds is 4. The fourth-order valence-electron chi connectivity index (χ4n) is 2.21. The Labute approximate surface area is 123 Å². The Bertz CT molecular complexity index is 754. The van der Waals surface area contributed by atoms with E-state index in [1.807, 2.05) is 55.6 Å². The molecule has 3 aromatic rings. The molecule has 4 heteroatoms. The fourth-order valence-corrected chi connectivity index (χ4v) is 2.21. The predicted octanol–water partition coefficient (Wildman–Crippen LogP) is 2.98. The highest BCUT2D eigenvalue weighted by Crippen LogP contribution is 2.22. The molecule has 0 saturated carbocycles. The van der Waals surface area contributed by atoms with Gasteiger partial charge in [-0.1, -0.05) is 18.2 Å². The van der Waals surface area contributed by atoms with E-state index in [0.717, 1.165) is 27.8 Å². The van der Waals surface area contributed by atoms with Crippen LogP contribution in [-0.4, -0.2) is 28.3 Å². The number of aliphatic hydroxyl groups excluding tert-OH is 1. The smallest absolute Gasteiger partial charge is 0.159 e. The first-order chi connectivity index (χ1) is 10.3. The molecule has 0 spiro atoms. The summed E-state index contributed by atoms with van der Waals surface area (Å²) in [6, 6.07) is 13.6. The Kier molecular flexibility index (Phi) is 3.79. The van der Waals surface area contributed by atoms with Crippen LogP contribution in [0, 0.1) is 6.92 Å². The third-order valence-corrected chi connectivity index (χ3v) is 3.29. The summed E-state index contributed by atoms with van der Waals surface area (Å²) in [5.41, 5.74) is 3.05. The van der Waals surface area contributed by atoms with Crippen molar-refractivity contribution in [2.45, 2.75) is 6.92 Å². The van der Waals surface area contributed by atoms with E-state index < -0.39 is 0 Å². The van der Waals surface area contributed by atoms with E-state index in [4.69, 9.17) is 9.84 Å². The molecule has 4 nitrogen and oxygen atoms in total. The maximum Gasteiger partial charge on any atom is 0.159 e. The van der Waals surface area contributed by atoms with Gasteiger partial charge in [0.1, 0.15) is 12.4 Å². The average molecular weight is 280 g/mol. The van der Waals surface area contributed by atoms with Crippen molar-refractivity contribution in [3.05, 3.63) is 54.2 Å². The molecule has 0 aliphatic carbocycles. The van der Waals surface area contributed by atoms with Crippen LogP contribution < -0.4 is 4.74 Å². The van der Waals surface area contributed by atoms with Crippen molar-refractivity contribution in [3.63, 3.8) is 0 Å². The van der Waals surface area contributed by atoms with Crippen molar-refractivity contribution < 1.29 is 9.84 Å². The topological polar surface area (TPSA) is 55.2 Å². The molecule has 0 atom stereocenters. The van der Waals surface area contributed by atoms with Gasteiger partial charge in [-0.3, -0.25) is 0 Å². The highest BCUT2D eigenvalue weighted by Gasteiger charge is 2.05. The van der Waals surface area contributed by atoms with Gasteiger partial charge in [0.2, 0.25) is 0 Å². The van der Waals surface area contributed by atoms with Crippen LogP contribution >= 0.6 is 0 Å². The zero-order chi connectivity index (χ0) is 14.7. The van der Waals surface area contributed by atoms with Crippen LogP contribution in [0.15, 0.2) is 48.7 Å². The molecule has 0 radical (unpaired) electrons. The van der Waals surface area contributed by atoms with Crippen LogP contribution in [0.1, 0.15) is 5.56 Å². The molecule has 0 fully saturated rings. The maximum atomic E-state index is 8.74. The van der Waals surface area contributed by atoms with E-state index in [1.54, 1.807) is 0 Å². The quantitative estimate of drug-likeness (QED) is 0.798. The first-order valence-corrected chi connectivity index (χ1v) is 6.84. The number of hydrogen-bond acceptors (Lipinski definition) is 4. The summed E-state index contributed by atoms with van der Waals surface area (Å²) in [5.74, 6) is 1.43. The Balaban J connectivity index is 1.94. The molecule has 1 aromatic heterocycles. The van der Waals surface area contributed by atoms with Crippen molar-refractivity contribution in [2.24, 2.45) is 0 Å². The number of ether oxygens (including phenoxy) is 1. The lowest BCUT2D eigenvalue weighted by Gasteiger charge is -2.06. The number of aromatic nitrogens is 2. The fraction of sp³-hybridized carbons (Fsp3) is 0.176. The largest absolute Gasteiger partial charge is 0.491 e. The molecule has 1 N–H and O–H groups in total. The van der Waals surface area contributed by atoms with Gasteiger partial charge in [0.25, 0.3) is 0 Å². The van der Waals surface area contributed by atoms with Crippen molar-refractivity contribution in [1.82, 2.24) is 9.97 Å². The van der Waals surface area contributed by atoms with Gasteiger partial charge in [-0.05, 0) is 36.8 Å². The van der Waals surface area contributed by atoms with Crippen molar-refractivity contribution in [1.29, 1.82) is 0 Å². The van der Waals surface area contributed by atoms with E-state index in [-0.39, 0.29) is 6.61 Å². The Morgan fingerprint density at radius 3 is 2.67 bits per heavy atom. The third-order valence-electron chi connectivity index (χ3n) is 3.29. The molecule has 2 aromatic carbocycles. The predicted molar refractivity (Wildman–Crippen MR) is 82.3 cm³/mol. The molecule has 106 valence electrons. The summed E-state index contributed by atoms with van der Waals surface area (Å²) in [6.07, 6.45) is 1.85. The van der Waals surface area contributed by atoms with Crippen LogP contribution in [0.5, 0.6) is 5.75 Å².